The Bertz CT molecular complexity index is 38.7. The summed E-state index contributed by atoms with van der Waals surface area (Å²) >= 11 is -0.639. The molecule has 0 spiro atoms. The van der Waals surface area contributed by atoms with E-state index in [1.165, 1.54) is 0 Å². The second-order valence-electron chi connectivity index (χ2n) is 1.58. The minimum absolute atomic E-state index is 0.639. The van der Waals surface area contributed by atoms with Gasteiger partial charge in [0.1, 0.15) is 0 Å². The van der Waals surface area contributed by atoms with E-state index in [1.54, 1.807) is 0 Å². The van der Waals surface area contributed by atoms with Gasteiger partial charge < -0.3 is 22.9 Å². The summed E-state index contributed by atoms with van der Waals surface area (Å²) in [6.07, 6.45) is 4.57. The number of hydrogen-bond donors (Lipinski definition) is 0. The van der Waals surface area contributed by atoms with Crippen molar-refractivity contribution in [2.45, 2.75) is 12.8 Å². The number of ether oxygens (including phenoxy) is 1. The molecule has 1 rings (SSSR count). The molecule has 0 aliphatic carbocycles. The summed E-state index contributed by atoms with van der Waals surface area (Å²) in [7, 11) is 9.81. The van der Waals surface area contributed by atoms with E-state index in [-0.39, 0.29) is 0 Å². The zero-order valence-corrected chi connectivity index (χ0v) is 8.20. The van der Waals surface area contributed by atoms with Crippen molar-refractivity contribution < 1.29 is 4.74 Å². The van der Waals surface area contributed by atoms with Crippen LogP contribution < -0.4 is 0 Å². The molecule has 0 aromatic heterocycles. The van der Waals surface area contributed by atoms with E-state index in [1.807, 2.05) is 0 Å². The largest absolute Gasteiger partial charge is 0.618 e. The highest BCUT2D eigenvalue weighted by Crippen LogP contribution is 2.00. The van der Waals surface area contributed by atoms with Crippen LogP contribution in [0.4, 0.5) is 0 Å². The third kappa shape index (κ3) is 9.31. The first kappa shape index (κ1) is 10.3. The van der Waals surface area contributed by atoms with Crippen molar-refractivity contribution in [3.63, 3.8) is 0 Å². The van der Waals surface area contributed by atoms with Crippen molar-refractivity contribution in [2.24, 2.45) is 0 Å². The van der Waals surface area contributed by atoms with E-state index in [2.05, 4.69) is 6.42 Å². The fourth-order valence-corrected chi connectivity index (χ4v) is 0.580. The zero-order chi connectivity index (χ0) is 6.95. The molecule has 0 aromatic carbocycles. The molecule has 1 aliphatic rings. The van der Waals surface area contributed by atoms with Gasteiger partial charge in [0, 0.05) is 13.2 Å². The third-order valence-corrected chi connectivity index (χ3v) is 0.933. The zero-order valence-electron chi connectivity index (χ0n) is 5.28. The lowest BCUT2D eigenvalue weighted by Crippen LogP contribution is -2.03. The number of halogens is 2. The normalized spacial score (nSPS) is 17.1. The average Bonchev–Trinajstić information content (AvgIpc) is 1.93. The molecule has 1 fully saturated rings. The summed E-state index contributed by atoms with van der Waals surface area (Å²) in [6.45, 7) is 1.89. The first-order chi connectivity index (χ1) is 4.41. The topological polar surface area (TPSA) is 9.23 Å². The molecule has 0 N–H and O–H groups in total. The van der Waals surface area contributed by atoms with Crippen LogP contribution in [-0.2, 0) is 4.74 Å². The van der Waals surface area contributed by atoms with Gasteiger partial charge in [0.15, 0.2) is 0 Å². The van der Waals surface area contributed by atoms with Crippen LogP contribution in [0.25, 0.3) is 0 Å². The summed E-state index contributed by atoms with van der Waals surface area (Å²) in [6, 6.07) is 0. The smallest absolute Gasteiger partial charge is 0.381 e. The highest BCUT2D eigenvalue weighted by molar-refractivity contribution is 7.22. The SMILES string of the molecule is [CH]1CCOCC1.[Cl][Mg][Cl]. The Labute approximate surface area is 73.3 Å². The van der Waals surface area contributed by atoms with Gasteiger partial charge in [-0.05, 0) is 19.3 Å². The van der Waals surface area contributed by atoms with E-state index in [0.717, 1.165) is 26.1 Å². The van der Waals surface area contributed by atoms with Crippen molar-refractivity contribution in [1.82, 2.24) is 0 Å². The second-order valence-corrected chi connectivity index (χ2v) is 4.21. The molecule has 0 saturated carbocycles. The summed E-state index contributed by atoms with van der Waals surface area (Å²) < 4.78 is 5.04. The van der Waals surface area contributed by atoms with Crippen molar-refractivity contribution >= 4 is 36.3 Å². The Morgan fingerprint density at radius 3 is 1.78 bits per heavy atom. The van der Waals surface area contributed by atoms with E-state index < -0.39 is 18.2 Å². The molecule has 4 heteroatoms. The Morgan fingerprint density at radius 2 is 1.67 bits per heavy atom. The summed E-state index contributed by atoms with van der Waals surface area (Å²) in [5, 5.41) is 0. The van der Waals surface area contributed by atoms with Crippen LogP contribution in [-0.4, -0.2) is 31.4 Å². The molecule has 9 heavy (non-hydrogen) atoms. The van der Waals surface area contributed by atoms with Crippen molar-refractivity contribution in [2.75, 3.05) is 13.2 Å². The predicted octanol–water partition coefficient (Wildman–Crippen LogP) is 2.00. The van der Waals surface area contributed by atoms with Gasteiger partial charge >= 0.3 is 18.2 Å². The quantitative estimate of drug-likeness (QED) is 0.518. The molecular formula is C5H9Cl2MgO. The van der Waals surface area contributed by atoms with Gasteiger partial charge in [-0.2, -0.15) is 0 Å². The van der Waals surface area contributed by atoms with E-state index >= 15 is 0 Å². The average molecular weight is 180 g/mol. The minimum Gasteiger partial charge on any atom is -0.381 e. The molecule has 0 bridgehead atoms. The molecule has 1 radical (unpaired) electrons. The van der Waals surface area contributed by atoms with Crippen LogP contribution in [0.2, 0.25) is 0 Å². The lowest BCUT2D eigenvalue weighted by Gasteiger charge is -2.07. The van der Waals surface area contributed by atoms with Crippen LogP contribution in [0.3, 0.4) is 0 Å². The molecule has 1 aliphatic heterocycles. The highest BCUT2D eigenvalue weighted by Gasteiger charge is 1.95. The van der Waals surface area contributed by atoms with Gasteiger partial charge in [0.2, 0.25) is 0 Å². The monoisotopic (exact) mass is 179 g/mol. The molecule has 1 heterocycles. The Hall–Kier alpha value is 1.31. The van der Waals surface area contributed by atoms with Crippen LogP contribution in [0.1, 0.15) is 12.8 Å². The summed E-state index contributed by atoms with van der Waals surface area (Å²) in [5.41, 5.74) is 0. The van der Waals surface area contributed by atoms with Crippen LogP contribution in [0.5, 0.6) is 0 Å². The molecule has 1 saturated heterocycles. The molecule has 51 valence electrons. The molecule has 0 unspecified atom stereocenters. The molecule has 0 aromatic rings. The fourth-order valence-electron chi connectivity index (χ4n) is 0.580. The second kappa shape index (κ2) is 9.31. The number of hydrogen-bond acceptors (Lipinski definition) is 1. The van der Waals surface area contributed by atoms with E-state index in [9.17, 15) is 0 Å². The molecule has 0 amide bonds. The van der Waals surface area contributed by atoms with Gasteiger partial charge in [0.25, 0.3) is 0 Å². The fraction of sp³-hybridized carbons (Fsp3) is 0.800. The van der Waals surface area contributed by atoms with Crippen LogP contribution in [0.15, 0.2) is 0 Å². The van der Waals surface area contributed by atoms with Gasteiger partial charge in [-0.3, -0.25) is 0 Å². The Balaban J connectivity index is 0.000000187. The minimum atomic E-state index is -0.639. The Morgan fingerprint density at radius 1 is 1.22 bits per heavy atom. The van der Waals surface area contributed by atoms with Crippen LogP contribution in [0, 0.1) is 6.42 Å². The first-order valence-corrected chi connectivity index (χ1v) is 7.20. The lowest BCUT2D eigenvalue weighted by atomic mass is 10.2. The van der Waals surface area contributed by atoms with Gasteiger partial charge in [0.05, 0.1) is 0 Å². The number of rotatable bonds is 0. The maximum atomic E-state index is 5.04. The first-order valence-electron chi connectivity index (χ1n) is 2.93. The third-order valence-electron chi connectivity index (χ3n) is 0.933. The molecule has 0 atom stereocenters. The standard InChI is InChI=1S/C5H9O.2ClH.Mg/c1-2-4-6-5-3-1;;;/h1H,2-5H2;2*1H;/q;;;+2/p-2. The summed E-state index contributed by atoms with van der Waals surface area (Å²) in [5.74, 6) is 0. The van der Waals surface area contributed by atoms with Crippen molar-refractivity contribution in [3.8, 4) is 0 Å². The van der Waals surface area contributed by atoms with Gasteiger partial charge in [-0.1, -0.05) is 0 Å². The molecular weight excluding hydrogens is 171 g/mol. The van der Waals surface area contributed by atoms with Gasteiger partial charge in [-0.25, -0.2) is 0 Å². The van der Waals surface area contributed by atoms with E-state index in [4.69, 9.17) is 22.9 Å². The summed E-state index contributed by atoms with van der Waals surface area (Å²) in [4.78, 5) is 0. The van der Waals surface area contributed by atoms with E-state index in [0.29, 0.717) is 0 Å². The van der Waals surface area contributed by atoms with Crippen molar-refractivity contribution in [1.29, 1.82) is 0 Å². The lowest BCUT2D eigenvalue weighted by molar-refractivity contribution is 0.117. The van der Waals surface area contributed by atoms with Crippen molar-refractivity contribution in [3.05, 3.63) is 6.42 Å². The highest BCUT2D eigenvalue weighted by atomic mass is 35.6. The van der Waals surface area contributed by atoms with Crippen LogP contribution >= 0.6 is 18.1 Å². The predicted molar refractivity (Wildman–Crippen MR) is 41.8 cm³/mol. The maximum Gasteiger partial charge on any atom is 0.618 e. The maximum absolute atomic E-state index is 5.04. The Kier molecular flexibility index (Phi) is 10.7. The molecule has 1 nitrogen and oxygen atoms in total. The van der Waals surface area contributed by atoms with Gasteiger partial charge in [-0.15, -0.1) is 0 Å².